The number of aromatic nitrogens is 2. The van der Waals surface area contributed by atoms with Gasteiger partial charge in [0.15, 0.2) is 0 Å². The fourth-order valence-electron chi connectivity index (χ4n) is 2.42. The van der Waals surface area contributed by atoms with Gasteiger partial charge in [-0.2, -0.15) is 0 Å². The molecule has 7 nitrogen and oxygen atoms in total. The van der Waals surface area contributed by atoms with Crippen molar-refractivity contribution < 1.29 is 39.8 Å². The summed E-state index contributed by atoms with van der Waals surface area (Å²) < 4.78 is 5.14. The van der Waals surface area contributed by atoms with Crippen LogP contribution in [0.1, 0.15) is 21.6 Å². The first kappa shape index (κ1) is 24.4. The van der Waals surface area contributed by atoms with Crippen LogP contribution in [0.4, 0.5) is 0 Å². The Morgan fingerprint density at radius 1 is 1.21 bits per heavy atom. The Morgan fingerprint density at radius 2 is 2.00 bits per heavy atom. The number of hydrogen-bond acceptors (Lipinski definition) is 6. The Bertz CT molecular complexity index is 907. The Morgan fingerprint density at radius 3 is 2.55 bits per heavy atom. The SMILES string of the molecule is CNCc1ccnc(-c2[c-]cc(OC)cc2CO)c1.O=C(O)c1ccccn1.[Ir]. The van der Waals surface area contributed by atoms with Crippen molar-refractivity contribution in [2.75, 3.05) is 14.2 Å². The molecule has 2 aromatic heterocycles. The number of pyridine rings is 2. The number of carboxylic acids is 1. The molecule has 0 aliphatic rings. The zero-order valence-corrected chi connectivity index (χ0v) is 18.4. The van der Waals surface area contributed by atoms with Crippen molar-refractivity contribution in [3.05, 3.63) is 77.7 Å². The van der Waals surface area contributed by atoms with Crippen molar-refractivity contribution in [1.29, 1.82) is 0 Å². The van der Waals surface area contributed by atoms with Crippen molar-refractivity contribution in [2.45, 2.75) is 13.2 Å². The first-order chi connectivity index (χ1) is 13.6. The summed E-state index contributed by atoms with van der Waals surface area (Å²) in [5.74, 6) is -0.310. The van der Waals surface area contributed by atoms with E-state index in [2.05, 4.69) is 21.4 Å². The summed E-state index contributed by atoms with van der Waals surface area (Å²) in [6.07, 6.45) is 3.21. The molecule has 0 amide bonds. The molecule has 0 unspecified atom stereocenters. The topological polar surface area (TPSA) is 105 Å². The molecule has 3 rings (SSSR count). The van der Waals surface area contributed by atoms with Gasteiger partial charge in [0.25, 0.3) is 0 Å². The average Bonchev–Trinajstić information content (AvgIpc) is 2.74. The van der Waals surface area contributed by atoms with Crippen molar-refractivity contribution in [3.8, 4) is 17.0 Å². The van der Waals surface area contributed by atoms with Gasteiger partial charge in [0, 0.05) is 51.4 Å². The van der Waals surface area contributed by atoms with Gasteiger partial charge in [0.1, 0.15) is 5.69 Å². The van der Waals surface area contributed by atoms with Crippen LogP contribution in [-0.4, -0.2) is 40.3 Å². The molecule has 0 atom stereocenters. The Hall–Kier alpha value is -2.64. The number of carbonyl (C=O) groups is 1. The summed E-state index contributed by atoms with van der Waals surface area (Å²) >= 11 is 0. The second-order valence-electron chi connectivity index (χ2n) is 5.70. The predicted octanol–water partition coefficient (Wildman–Crippen LogP) is 2.55. The molecule has 0 bridgehead atoms. The predicted molar refractivity (Wildman–Crippen MR) is 105 cm³/mol. The molecule has 1 radical (unpaired) electrons. The van der Waals surface area contributed by atoms with Gasteiger partial charge in [-0.15, -0.1) is 17.7 Å². The van der Waals surface area contributed by atoms with E-state index in [0.717, 1.165) is 28.9 Å². The van der Waals surface area contributed by atoms with Crippen LogP contribution in [0, 0.1) is 6.07 Å². The van der Waals surface area contributed by atoms with Crippen LogP contribution in [0.3, 0.4) is 0 Å². The van der Waals surface area contributed by atoms with Gasteiger partial charge in [-0.3, -0.25) is 0 Å². The van der Waals surface area contributed by atoms with Crippen LogP contribution in [0.5, 0.6) is 5.75 Å². The number of aromatic carboxylic acids is 1. The zero-order chi connectivity index (χ0) is 20.4. The third-order valence-electron chi connectivity index (χ3n) is 3.75. The number of aliphatic hydroxyl groups excluding tert-OH is 1. The molecule has 0 saturated carbocycles. The molecule has 3 N–H and O–H groups in total. The molecule has 8 heteroatoms. The number of aliphatic hydroxyl groups is 1. The number of nitrogens with zero attached hydrogens (tertiary/aromatic N) is 2. The van der Waals surface area contributed by atoms with E-state index < -0.39 is 5.97 Å². The Balaban J connectivity index is 0.000000355. The first-order valence-electron chi connectivity index (χ1n) is 8.52. The molecule has 0 saturated heterocycles. The zero-order valence-electron chi connectivity index (χ0n) is 16.0. The molecule has 2 heterocycles. The van der Waals surface area contributed by atoms with Gasteiger partial charge in [-0.1, -0.05) is 23.8 Å². The van der Waals surface area contributed by atoms with Crippen LogP contribution in [-0.2, 0) is 33.3 Å². The number of hydrogen-bond donors (Lipinski definition) is 3. The Labute approximate surface area is 183 Å². The summed E-state index contributed by atoms with van der Waals surface area (Å²) in [7, 11) is 3.49. The summed E-state index contributed by atoms with van der Waals surface area (Å²) in [4.78, 5) is 18.1. The number of nitrogens with one attached hydrogen (secondary N) is 1. The van der Waals surface area contributed by atoms with E-state index in [1.54, 1.807) is 37.6 Å². The first-order valence-corrected chi connectivity index (χ1v) is 8.52. The summed E-state index contributed by atoms with van der Waals surface area (Å²) in [5.41, 5.74) is 3.59. The van der Waals surface area contributed by atoms with E-state index in [0.29, 0.717) is 5.75 Å². The maximum absolute atomic E-state index is 10.1. The molecule has 155 valence electrons. The van der Waals surface area contributed by atoms with Crippen LogP contribution >= 0.6 is 0 Å². The van der Waals surface area contributed by atoms with Crippen molar-refractivity contribution >= 4 is 5.97 Å². The number of rotatable bonds is 6. The summed E-state index contributed by atoms with van der Waals surface area (Å²) in [5, 5.41) is 20.9. The maximum Gasteiger partial charge on any atom is 0.354 e. The maximum atomic E-state index is 10.1. The second-order valence-corrected chi connectivity index (χ2v) is 5.70. The molecule has 0 fully saturated rings. The van der Waals surface area contributed by atoms with Gasteiger partial charge in [-0.05, 0) is 36.5 Å². The molecule has 1 aromatic carbocycles. The molecule has 29 heavy (non-hydrogen) atoms. The molecule has 0 spiro atoms. The number of ether oxygens (including phenoxy) is 1. The number of benzene rings is 1. The second kappa shape index (κ2) is 12.7. The van der Waals surface area contributed by atoms with Gasteiger partial charge in [0.05, 0.1) is 7.11 Å². The van der Waals surface area contributed by atoms with Gasteiger partial charge in [0.2, 0.25) is 0 Å². The fraction of sp³-hybridized carbons (Fsp3) is 0.190. The van der Waals surface area contributed by atoms with E-state index in [1.165, 1.54) is 12.3 Å². The number of methoxy groups -OCH3 is 1. The normalized spacial score (nSPS) is 9.62. The summed E-state index contributed by atoms with van der Waals surface area (Å²) in [6, 6.07) is 15.4. The van der Waals surface area contributed by atoms with Crippen LogP contribution < -0.4 is 10.1 Å². The molecular formula is C21H22IrN3O4-. The Kier molecular flexibility index (Phi) is 10.7. The quantitative estimate of drug-likeness (QED) is 0.390. The van der Waals surface area contributed by atoms with E-state index in [-0.39, 0.29) is 32.4 Å². The third kappa shape index (κ3) is 7.36. The van der Waals surface area contributed by atoms with Crippen LogP contribution in [0.15, 0.2) is 54.9 Å². The minimum Gasteiger partial charge on any atom is -0.540 e. The van der Waals surface area contributed by atoms with Crippen molar-refractivity contribution in [3.63, 3.8) is 0 Å². The molecule has 0 aliphatic carbocycles. The van der Waals surface area contributed by atoms with Gasteiger partial charge < -0.3 is 25.3 Å². The van der Waals surface area contributed by atoms with Crippen LogP contribution in [0.2, 0.25) is 0 Å². The standard InChI is InChI=1S/C15H17N2O2.C6H5NO2.Ir/c1-16-9-11-5-6-17-15(7-11)14-4-3-13(19-2)8-12(14)10-18;8-6(9)5-3-1-2-4-7-5;/h3,5-8,16,18H,9-10H2,1-2H3;1-4H,(H,8,9);/q-1;;. The van der Waals surface area contributed by atoms with Gasteiger partial charge >= 0.3 is 5.97 Å². The molecule has 3 aromatic rings. The number of carboxylic acid groups (broad SMARTS) is 1. The van der Waals surface area contributed by atoms with E-state index in [1.807, 2.05) is 19.2 Å². The van der Waals surface area contributed by atoms with E-state index >= 15 is 0 Å². The van der Waals surface area contributed by atoms with Crippen molar-refractivity contribution in [1.82, 2.24) is 15.3 Å². The monoisotopic (exact) mass is 573 g/mol. The fourth-order valence-corrected chi connectivity index (χ4v) is 2.42. The molecular weight excluding hydrogens is 550 g/mol. The minimum atomic E-state index is -0.990. The minimum absolute atomic E-state index is 0. The molecule has 0 aliphatic heterocycles. The third-order valence-corrected chi connectivity index (χ3v) is 3.75. The average molecular weight is 573 g/mol. The van der Waals surface area contributed by atoms with Crippen molar-refractivity contribution in [2.24, 2.45) is 0 Å². The summed E-state index contributed by atoms with van der Waals surface area (Å²) in [6.45, 7) is 0.709. The van der Waals surface area contributed by atoms with Gasteiger partial charge in [-0.25, -0.2) is 9.78 Å². The van der Waals surface area contributed by atoms with Crippen LogP contribution in [0.25, 0.3) is 11.3 Å². The van der Waals surface area contributed by atoms with E-state index in [4.69, 9.17) is 9.84 Å². The van der Waals surface area contributed by atoms with E-state index in [9.17, 15) is 9.90 Å². The largest absolute Gasteiger partial charge is 0.540 e. The smallest absolute Gasteiger partial charge is 0.354 e.